The average Bonchev–Trinajstić information content (AvgIpc) is 3.28. The van der Waals surface area contributed by atoms with Gasteiger partial charge >= 0.3 is 0 Å². The second kappa shape index (κ2) is 8.10. The molecule has 0 aliphatic carbocycles. The Balaban J connectivity index is 1.48. The first kappa shape index (κ1) is 19.4. The molecule has 0 saturated heterocycles. The number of hydrogen-bond acceptors (Lipinski definition) is 8. The summed E-state index contributed by atoms with van der Waals surface area (Å²) in [4.78, 5) is 16.3. The van der Waals surface area contributed by atoms with E-state index >= 15 is 0 Å². The highest BCUT2D eigenvalue weighted by Gasteiger charge is 2.21. The van der Waals surface area contributed by atoms with Gasteiger partial charge in [-0.05, 0) is 24.3 Å². The number of amides is 1. The zero-order valence-electron chi connectivity index (χ0n) is 15.0. The van der Waals surface area contributed by atoms with Crippen LogP contribution in [0, 0.1) is 0 Å². The molecule has 0 spiro atoms. The Bertz CT molecular complexity index is 917. The lowest BCUT2D eigenvalue weighted by Crippen LogP contribution is -2.25. The number of rotatable bonds is 6. The van der Waals surface area contributed by atoms with Gasteiger partial charge in [-0.1, -0.05) is 49.3 Å². The maximum absolute atomic E-state index is 12.0. The lowest BCUT2D eigenvalue weighted by molar-refractivity contribution is -0.118. The number of halogens is 1. The molecule has 2 heterocycles. The normalized spacial score (nSPS) is 11.6. The summed E-state index contributed by atoms with van der Waals surface area (Å²) in [5.74, 6) is 1.26. The third-order valence-corrected chi connectivity index (χ3v) is 4.45. The van der Waals surface area contributed by atoms with Crippen LogP contribution in [-0.4, -0.2) is 32.0 Å². The van der Waals surface area contributed by atoms with Crippen molar-refractivity contribution in [1.29, 1.82) is 0 Å². The van der Waals surface area contributed by atoms with Gasteiger partial charge in [-0.2, -0.15) is 4.98 Å². The molecule has 0 fully saturated rings. The SMILES string of the molecule is CC(C)(C)c1nc(CNC(=O)CSc2nnc(-c3ccc(Cl)cc3)o2)no1. The summed E-state index contributed by atoms with van der Waals surface area (Å²) in [6, 6.07) is 7.05. The Labute approximate surface area is 165 Å². The van der Waals surface area contributed by atoms with Crippen LogP contribution >= 0.6 is 23.4 Å². The predicted octanol–water partition coefficient (Wildman–Crippen LogP) is 3.48. The van der Waals surface area contributed by atoms with Crippen molar-refractivity contribution in [2.45, 2.75) is 38.0 Å². The van der Waals surface area contributed by atoms with E-state index in [0.29, 0.717) is 27.9 Å². The Morgan fingerprint density at radius 3 is 2.63 bits per heavy atom. The predicted molar refractivity (Wildman–Crippen MR) is 100 cm³/mol. The third-order valence-electron chi connectivity index (χ3n) is 3.38. The first-order chi connectivity index (χ1) is 12.8. The largest absolute Gasteiger partial charge is 0.411 e. The minimum absolute atomic E-state index is 0.131. The van der Waals surface area contributed by atoms with Gasteiger partial charge in [-0.15, -0.1) is 10.2 Å². The fraction of sp³-hybridized carbons (Fsp3) is 0.353. The van der Waals surface area contributed by atoms with Gasteiger partial charge in [-0.3, -0.25) is 4.79 Å². The molecule has 0 atom stereocenters. The van der Waals surface area contributed by atoms with Gasteiger partial charge in [0.2, 0.25) is 17.7 Å². The van der Waals surface area contributed by atoms with E-state index in [-0.39, 0.29) is 23.6 Å². The molecule has 0 unspecified atom stereocenters. The number of carbonyl (C=O) groups is 1. The molecule has 0 radical (unpaired) electrons. The minimum Gasteiger partial charge on any atom is -0.411 e. The van der Waals surface area contributed by atoms with Crippen LogP contribution in [0.15, 0.2) is 38.4 Å². The van der Waals surface area contributed by atoms with Crippen LogP contribution < -0.4 is 5.32 Å². The van der Waals surface area contributed by atoms with E-state index in [1.165, 1.54) is 0 Å². The molecule has 0 saturated carbocycles. The van der Waals surface area contributed by atoms with Gasteiger partial charge in [0.25, 0.3) is 5.22 Å². The first-order valence-electron chi connectivity index (χ1n) is 8.13. The van der Waals surface area contributed by atoms with E-state index in [1.54, 1.807) is 24.3 Å². The molecule has 8 nitrogen and oxygen atoms in total. The van der Waals surface area contributed by atoms with Crippen LogP contribution in [0.1, 0.15) is 32.5 Å². The standard InChI is InChI=1S/C17H18ClN5O3S/c1-17(2,3)15-20-12(23-26-15)8-19-13(24)9-27-16-22-21-14(25-16)10-4-6-11(18)7-5-10/h4-7H,8-9H2,1-3H3,(H,19,24). The minimum atomic E-state index is -0.231. The van der Waals surface area contributed by atoms with E-state index < -0.39 is 0 Å². The lowest BCUT2D eigenvalue weighted by Gasteiger charge is -2.10. The number of thioether (sulfide) groups is 1. The van der Waals surface area contributed by atoms with Crippen molar-refractivity contribution >= 4 is 29.3 Å². The summed E-state index contributed by atoms with van der Waals surface area (Å²) in [5.41, 5.74) is 0.528. The molecule has 2 aromatic heterocycles. The van der Waals surface area contributed by atoms with E-state index in [2.05, 4.69) is 25.7 Å². The molecular weight excluding hydrogens is 390 g/mol. The number of nitrogens with one attached hydrogen (secondary N) is 1. The van der Waals surface area contributed by atoms with Gasteiger partial charge in [0.15, 0.2) is 5.82 Å². The summed E-state index contributed by atoms with van der Waals surface area (Å²) in [6.45, 7) is 6.12. The zero-order valence-corrected chi connectivity index (χ0v) is 16.6. The number of hydrogen-bond donors (Lipinski definition) is 1. The molecule has 1 aromatic carbocycles. The number of benzene rings is 1. The van der Waals surface area contributed by atoms with Crippen molar-refractivity contribution < 1.29 is 13.7 Å². The van der Waals surface area contributed by atoms with Crippen LogP contribution in [0.4, 0.5) is 0 Å². The first-order valence-corrected chi connectivity index (χ1v) is 9.49. The highest BCUT2D eigenvalue weighted by atomic mass is 35.5. The van der Waals surface area contributed by atoms with E-state index in [1.807, 2.05) is 20.8 Å². The van der Waals surface area contributed by atoms with Gasteiger partial charge in [0.1, 0.15) is 0 Å². The highest BCUT2D eigenvalue weighted by molar-refractivity contribution is 7.99. The average molecular weight is 408 g/mol. The van der Waals surface area contributed by atoms with Crippen LogP contribution in [0.5, 0.6) is 0 Å². The monoisotopic (exact) mass is 407 g/mol. The maximum atomic E-state index is 12.0. The van der Waals surface area contributed by atoms with Crippen molar-refractivity contribution in [2.24, 2.45) is 0 Å². The second-order valence-corrected chi connectivity index (χ2v) is 8.07. The summed E-state index contributed by atoms with van der Waals surface area (Å²) in [6.07, 6.45) is 0. The molecule has 27 heavy (non-hydrogen) atoms. The van der Waals surface area contributed by atoms with E-state index in [0.717, 1.165) is 17.3 Å². The van der Waals surface area contributed by atoms with Gasteiger partial charge < -0.3 is 14.3 Å². The van der Waals surface area contributed by atoms with Crippen molar-refractivity contribution in [3.8, 4) is 11.5 Å². The van der Waals surface area contributed by atoms with Crippen molar-refractivity contribution in [1.82, 2.24) is 25.7 Å². The molecule has 3 aromatic rings. The Morgan fingerprint density at radius 1 is 1.22 bits per heavy atom. The molecular formula is C17H18ClN5O3S. The molecule has 0 aliphatic rings. The van der Waals surface area contributed by atoms with Crippen LogP contribution in [-0.2, 0) is 16.8 Å². The summed E-state index contributed by atoms with van der Waals surface area (Å²) < 4.78 is 10.7. The number of nitrogens with zero attached hydrogens (tertiary/aromatic N) is 4. The molecule has 0 aliphatic heterocycles. The summed E-state index contributed by atoms with van der Waals surface area (Å²) >= 11 is 7.01. The van der Waals surface area contributed by atoms with Gasteiger partial charge in [0, 0.05) is 16.0 Å². The summed E-state index contributed by atoms with van der Waals surface area (Å²) in [5, 5.41) is 15.4. The smallest absolute Gasteiger partial charge is 0.277 e. The maximum Gasteiger partial charge on any atom is 0.277 e. The molecule has 0 bridgehead atoms. The van der Waals surface area contributed by atoms with Crippen LogP contribution in [0.2, 0.25) is 5.02 Å². The molecule has 10 heteroatoms. The molecule has 3 rings (SSSR count). The fourth-order valence-electron chi connectivity index (χ4n) is 1.96. The molecule has 1 N–H and O–H groups in total. The van der Waals surface area contributed by atoms with Crippen molar-refractivity contribution in [3.05, 3.63) is 41.0 Å². The molecule has 142 valence electrons. The van der Waals surface area contributed by atoms with Crippen LogP contribution in [0.25, 0.3) is 11.5 Å². The van der Waals surface area contributed by atoms with E-state index in [9.17, 15) is 4.79 Å². The van der Waals surface area contributed by atoms with Crippen molar-refractivity contribution in [2.75, 3.05) is 5.75 Å². The van der Waals surface area contributed by atoms with Gasteiger partial charge in [0.05, 0.1) is 12.3 Å². The Kier molecular flexibility index (Phi) is 5.81. The highest BCUT2D eigenvalue weighted by Crippen LogP contribution is 2.24. The summed E-state index contributed by atoms with van der Waals surface area (Å²) in [7, 11) is 0. The molecule has 1 amide bonds. The topological polar surface area (TPSA) is 107 Å². The lowest BCUT2D eigenvalue weighted by atomic mass is 9.97. The quantitative estimate of drug-likeness (QED) is 0.619. The van der Waals surface area contributed by atoms with Crippen LogP contribution in [0.3, 0.4) is 0 Å². The number of carbonyl (C=O) groups excluding carboxylic acids is 1. The van der Waals surface area contributed by atoms with Gasteiger partial charge in [-0.25, -0.2) is 0 Å². The Hall–Kier alpha value is -2.39. The second-order valence-electron chi connectivity index (χ2n) is 6.71. The third kappa shape index (κ3) is 5.30. The fourth-order valence-corrected chi connectivity index (χ4v) is 2.68. The Morgan fingerprint density at radius 2 is 1.96 bits per heavy atom. The zero-order chi connectivity index (χ0) is 19.4. The van der Waals surface area contributed by atoms with Crippen molar-refractivity contribution in [3.63, 3.8) is 0 Å². The number of aromatic nitrogens is 4. The van der Waals surface area contributed by atoms with E-state index in [4.69, 9.17) is 20.5 Å².